The molecular weight excluding hydrogens is 250 g/mol. The van der Waals surface area contributed by atoms with Crippen LogP contribution in [0.15, 0.2) is 24.3 Å². The standard InChI is InChI=1S/C15H23N5/c1-4-16-11-14(10-15-17-19-20(3)18-15)9-13-7-5-12(2)6-8-13/h5-8,14,16H,4,9-11H2,1-3H3. The van der Waals surface area contributed by atoms with E-state index in [1.54, 1.807) is 7.05 Å². The van der Waals surface area contributed by atoms with E-state index in [2.05, 4.69) is 58.8 Å². The third kappa shape index (κ3) is 4.42. The van der Waals surface area contributed by atoms with Crippen LogP contribution in [0.1, 0.15) is 23.9 Å². The Morgan fingerprint density at radius 3 is 2.55 bits per heavy atom. The van der Waals surface area contributed by atoms with Crippen LogP contribution in [0.25, 0.3) is 0 Å². The van der Waals surface area contributed by atoms with E-state index in [0.29, 0.717) is 5.92 Å². The lowest BCUT2D eigenvalue weighted by atomic mass is 9.95. The van der Waals surface area contributed by atoms with E-state index in [1.165, 1.54) is 15.9 Å². The van der Waals surface area contributed by atoms with Crippen molar-refractivity contribution in [3.05, 3.63) is 41.2 Å². The first-order valence-electron chi connectivity index (χ1n) is 7.16. The molecule has 2 aromatic rings. The van der Waals surface area contributed by atoms with Crippen LogP contribution in [0.3, 0.4) is 0 Å². The van der Waals surface area contributed by atoms with Gasteiger partial charge in [0.15, 0.2) is 5.82 Å². The second-order valence-corrected chi connectivity index (χ2v) is 5.26. The molecule has 1 atom stereocenters. The van der Waals surface area contributed by atoms with Gasteiger partial charge in [0, 0.05) is 6.42 Å². The molecule has 0 saturated carbocycles. The molecule has 5 heteroatoms. The van der Waals surface area contributed by atoms with Gasteiger partial charge in [-0.25, -0.2) is 0 Å². The molecule has 108 valence electrons. The average molecular weight is 273 g/mol. The molecule has 0 saturated heterocycles. The van der Waals surface area contributed by atoms with Crippen LogP contribution in [-0.4, -0.2) is 33.3 Å². The summed E-state index contributed by atoms with van der Waals surface area (Å²) in [5.41, 5.74) is 2.66. The summed E-state index contributed by atoms with van der Waals surface area (Å²) < 4.78 is 0. The highest BCUT2D eigenvalue weighted by molar-refractivity contribution is 5.21. The normalized spacial score (nSPS) is 12.6. The summed E-state index contributed by atoms with van der Waals surface area (Å²) in [6.07, 6.45) is 1.89. The lowest BCUT2D eigenvalue weighted by Gasteiger charge is -2.15. The maximum Gasteiger partial charge on any atom is 0.175 e. The molecule has 0 fully saturated rings. The van der Waals surface area contributed by atoms with E-state index in [0.717, 1.165) is 31.8 Å². The number of tetrazole rings is 1. The molecule has 0 radical (unpaired) electrons. The summed E-state index contributed by atoms with van der Waals surface area (Å²) >= 11 is 0. The molecule has 0 amide bonds. The molecule has 1 unspecified atom stereocenters. The molecule has 20 heavy (non-hydrogen) atoms. The second-order valence-electron chi connectivity index (χ2n) is 5.26. The Kier molecular flexibility index (Phi) is 5.24. The predicted molar refractivity (Wildman–Crippen MR) is 79.4 cm³/mol. The van der Waals surface area contributed by atoms with Crippen molar-refractivity contribution in [2.24, 2.45) is 13.0 Å². The second kappa shape index (κ2) is 7.14. The average Bonchev–Trinajstić information content (AvgIpc) is 2.84. The van der Waals surface area contributed by atoms with E-state index in [1.807, 2.05) is 0 Å². The van der Waals surface area contributed by atoms with Crippen molar-refractivity contribution in [1.29, 1.82) is 0 Å². The molecule has 2 rings (SSSR count). The number of aryl methyl sites for hydroxylation is 2. The van der Waals surface area contributed by atoms with Crippen molar-refractivity contribution in [2.45, 2.75) is 26.7 Å². The Labute approximate surface area is 120 Å². The fourth-order valence-electron chi connectivity index (χ4n) is 2.29. The van der Waals surface area contributed by atoms with Crippen LogP contribution >= 0.6 is 0 Å². The van der Waals surface area contributed by atoms with Gasteiger partial charge in [0.1, 0.15) is 0 Å². The largest absolute Gasteiger partial charge is 0.317 e. The lowest BCUT2D eigenvalue weighted by molar-refractivity contribution is 0.467. The number of benzene rings is 1. The quantitative estimate of drug-likeness (QED) is 0.831. The van der Waals surface area contributed by atoms with Gasteiger partial charge < -0.3 is 5.32 Å². The Hall–Kier alpha value is -1.75. The van der Waals surface area contributed by atoms with Crippen LogP contribution in [0.4, 0.5) is 0 Å². The van der Waals surface area contributed by atoms with Gasteiger partial charge in [-0.1, -0.05) is 36.8 Å². The van der Waals surface area contributed by atoms with Crippen LogP contribution in [0.2, 0.25) is 0 Å². The molecule has 0 aliphatic carbocycles. The minimum atomic E-state index is 0.488. The van der Waals surface area contributed by atoms with E-state index >= 15 is 0 Å². The zero-order valence-electron chi connectivity index (χ0n) is 12.5. The van der Waals surface area contributed by atoms with Crippen molar-refractivity contribution < 1.29 is 0 Å². The monoisotopic (exact) mass is 273 g/mol. The van der Waals surface area contributed by atoms with Gasteiger partial charge in [0.25, 0.3) is 0 Å². The van der Waals surface area contributed by atoms with Gasteiger partial charge in [-0.15, -0.1) is 10.2 Å². The van der Waals surface area contributed by atoms with Crippen molar-refractivity contribution in [1.82, 2.24) is 25.5 Å². The van der Waals surface area contributed by atoms with Crippen molar-refractivity contribution in [3.63, 3.8) is 0 Å². The fourth-order valence-corrected chi connectivity index (χ4v) is 2.29. The number of hydrogen-bond acceptors (Lipinski definition) is 4. The van der Waals surface area contributed by atoms with Crippen LogP contribution in [-0.2, 0) is 19.9 Å². The molecule has 0 aliphatic rings. The number of nitrogens with one attached hydrogen (secondary N) is 1. The SMILES string of the molecule is CCNCC(Cc1ccc(C)cc1)Cc1nnn(C)n1. The molecule has 1 aromatic carbocycles. The van der Waals surface area contributed by atoms with Crippen LogP contribution < -0.4 is 5.32 Å². The summed E-state index contributed by atoms with van der Waals surface area (Å²) in [4.78, 5) is 1.52. The zero-order valence-corrected chi connectivity index (χ0v) is 12.5. The van der Waals surface area contributed by atoms with Gasteiger partial charge in [0.2, 0.25) is 0 Å². The Morgan fingerprint density at radius 1 is 1.20 bits per heavy atom. The minimum absolute atomic E-state index is 0.488. The summed E-state index contributed by atoms with van der Waals surface area (Å²) in [5.74, 6) is 1.31. The van der Waals surface area contributed by atoms with E-state index in [4.69, 9.17) is 0 Å². The maximum absolute atomic E-state index is 4.28. The topological polar surface area (TPSA) is 55.6 Å². The van der Waals surface area contributed by atoms with Gasteiger partial charge >= 0.3 is 0 Å². The van der Waals surface area contributed by atoms with E-state index in [-0.39, 0.29) is 0 Å². The highest BCUT2D eigenvalue weighted by Crippen LogP contribution is 2.13. The third-order valence-corrected chi connectivity index (χ3v) is 3.35. The molecule has 1 aromatic heterocycles. The fraction of sp³-hybridized carbons (Fsp3) is 0.533. The van der Waals surface area contributed by atoms with Crippen molar-refractivity contribution in [2.75, 3.05) is 13.1 Å². The van der Waals surface area contributed by atoms with Gasteiger partial charge in [0.05, 0.1) is 7.05 Å². The summed E-state index contributed by atoms with van der Waals surface area (Å²) in [5, 5.41) is 15.7. The molecule has 5 nitrogen and oxygen atoms in total. The smallest absolute Gasteiger partial charge is 0.175 e. The van der Waals surface area contributed by atoms with Gasteiger partial charge in [-0.05, 0) is 43.1 Å². The molecule has 1 heterocycles. The Morgan fingerprint density at radius 2 is 1.95 bits per heavy atom. The van der Waals surface area contributed by atoms with Crippen LogP contribution in [0, 0.1) is 12.8 Å². The molecule has 1 N–H and O–H groups in total. The molecular formula is C15H23N5. The molecule has 0 spiro atoms. The van der Waals surface area contributed by atoms with E-state index in [9.17, 15) is 0 Å². The molecule has 0 aliphatic heterocycles. The van der Waals surface area contributed by atoms with Crippen molar-refractivity contribution >= 4 is 0 Å². The van der Waals surface area contributed by atoms with Crippen molar-refractivity contribution in [3.8, 4) is 0 Å². The summed E-state index contributed by atoms with van der Waals surface area (Å²) in [6.45, 7) is 6.20. The summed E-state index contributed by atoms with van der Waals surface area (Å²) in [7, 11) is 1.80. The highest BCUT2D eigenvalue weighted by atomic mass is 15.6. The number of hydrogen-bond donors (Lipinski definition) is 1. The Bertz CT molecular complexity index is 517. The Balaban J connectivity index is 2.00. The summed E-state index contributed by atoms with van der Waals surface area (Å²) in [6, 6.07) is 8.75. The number of rotatable bonds is 7. The number of aromatic nitrogens is 4. The van der Waals surface area contributed by atoms with Gasteiger partial charge in [-0.2, -0.15) is 4.80 Å². The van der Waals surface area contributed by atoms with Gasteiger partial charge in [-0.3, -0.25) is 0 Å². The maximum atomic E-state index is 4.28. The number of nitrogens with zero attached hydrogens (tertiary/aromatic N) is 4. The lowest BCUT2D eigenvalue weighted by Crippen LogP contribution is -2.26. The first-order valence-corrected chi connectivity index (χ1v) is 7.16. The minimum Gasteiger partial charge on any atom is -0.317 e. The van der Waals surface area contributed by atoms with Crippen LogP contribution in [0.5, 0.6) is 0 Å². The first-order chi connectivity index (χ1) is 9.67. The predicted octanol–water partition coefficient (Wildman–Crippen LogP) is 1.53. The zero-order chi connectivity index (χ0) is 14.4. The third-order valence-electron chi connectivity index (χ3n) is 3.35. The van der Waals surface area contributed by atoms with E-state index < -0.39 is 0 Å². The highest BCUT2D eigenvalue weighted by Gasteiger charge is 2.13. The first kappa shape index (κ1) is 14.7. The molecule has 0 bridgehead atoms.